The van der Waals surface area contributed by atoms with E-state index in [1.54, 1.807) is 24.3 Å². The van der Waals surface area contributed by atoms with Gasteiger partial charge in [-0.25, -0.2) is 0 Å². The lowest BCUT2D eigenvalue weighted by molar-refractivity contribution is -0.137. The number of carbonyl (C=O) groups is 2. The Labute approximate surface area is 87.2 Å². The molecule has 0 aromatic heterocycles. The molecule has 1 unspecified atom stereocenters. The van der Waals surface area contributed by atoms with E-state index in [9.17, 15) is 14.7 Å². The molecule has 0 aliphatic carbocycles. The molecule has 0 radical (unpaired) electrons. The Morgan fingerprint density at radius 2 is 2.07 bits per heavy atom. The lowest BCUT2D eigenvalue weighted by Gasteiger charge is -2.11. The molecule has 0 spiro atoms. The van der Waals surface area contributed by atoms with Crippen LogP contribution in [0.1, 0.15) is 34.9 Å². The largest absolute Gasteiger partial charge is 0.481 e. The van der Waals surface area contributed by atoms with Gasteiger partial charge < -0.3 is 10.2 Å². The van der Waals surface area contributed by atoms with Gasteiger partial charge in [0.15, 0.2) is 0 Å². The van der Waals surface area contributed by atoms with E-state index >= 15 is 0 Å². The summed E-state index contributed by atoms with van der Waals surface area (Å²) in [6.45, 7) is 0. The summed E-state index contributed by atoms with van der Waals surface area (Å²) in [5.41, 5.74) is 0.879. The van der Waals surface area contributed by atoms with Crippen molar-refractivity contribution in [1.82, 2.24) is 0 Å². The molecule has 0 bridgehead atoms. The molecule has 0 aliphatic heterocycles. The molecule has 0 saturated carbocycles. The molecule has 0 aliphatic rings. The number of aliphatic hydroxyl groups excluding tert-OH is 1. The summed E-state index contributed by atoms with van der Waals surface area (Å²) >= 11 is 0. The van der Waals surface area contributed by atoms with Gasteiger partial charge in [-0.2, -0.15) is 0 Å². The van der Waals surface area contributed by atoms with Gasteiger partial charge >= 0.3 is 5.97 Å². The normalized spacial score (nSPS) is 12.1. The van der Waals surface area contributed by atoms with Gasteiger partial charge in [-0.15, -0.1) is 0 Å². The number of aliphatic hydroxyl groups is 1. The van der Waals surface area contributed by atoms with E-state index in [-0.39, 0.29) is 12.8 Å². The average molecular weight is 208 g/mol. The summed E-state index contributed by atoms with van der Waals surface area (Å²) in [7, 11) is 0. The molecule has 4 heteroatoms. The molecule has 1 aromatic carbocycles. The molecule has 1 aromatic rings. The number of carbonyl (C=O) groups excluding carboxylic acids is 1. The monoisotopic (exact) mass is 208 g/mol. The van der Waals surface area contributed by atoms with Crippen LogP contribution in [0.15, 0.2) is 24.3 Å². The number of benzene rings is 1. The minimum absolute atomic E-state index is 0.111. The Morgan fingerprint density at radius 3 is 2.67 bits per heavy atom. The number of aldehydes is 1. The molecule has 0 amide bonds. The first kappa shape index (κ1) is 11.4. The fourth-order valence-corrected chi connectivity index (χ4v) is 1.34. The summed E-state index contributed by atoms with van der Waals surface area (Å²) in [6.07, 6.45) is -0.254. The first-order valence-electron chi connectivity index (χ1n) is 4.59. The van der Waals surface area contributed by atoms with Gasteiger partial charge in [0.05, 0.1) is 6.10 Å². The molecular formula is C11H12O4. The van der Waals surface area contributed by atoms with Crippen molar-refractivity contribution in [3.05, 3.63) is 35.4 Å². The van der Waals surface area contributed by atoms with E-state index in [1.165, 1.54) is 0 Å². The molecule has 0 fully saturated rings. The Bertz CT molecular complexity index is 359. The second-order valence-corrected chi connectivity index (χ2v) is 3.19. The number of hydrogen-bond donors (Lipinski definition) is 2. The molecular weight excluding hydrogens is 196 g/mol. The van der Waals surface area contributed by atoms with Crippen LogP contribution in [0.3, 0.4) is 0 Å². The van der Waals surface area contributed by atoms with Crippen LogP contribution in [0.4, 0.5) is 0 Å². The van der Waals surface area contributed by atoms with Crippen molar-refractivity contribution in [2.24, 2.45) is 0 Å². The quantitative estimate of drug-likeness (QED) is 0.717. The predicted molar refractivity (Wildman–Crippen MR) is 53.7 cm³/mol. The first-order valence-corrected chi connectivity index (χ1v) is 4.59. The van der Waals surface area contributed by atoms with Gasteiger partial charge in [0.2, 0.25) is 0 Å². The SMILES string of the molecule is O=Cc1ccccc1C(O)CCC(=O)O. The van der Waals surface area contributed by atoms with Gasteiger partial charge in [-0.3, -0.25) is 9.59 Å². The number of carboxylic acid groups (broad SMARTS) is 1. The molecule has 1 rings (SSSR count). The molecule has 80 valence electrons. The third kappa shape index (κ3) is 3.18. The maximum atomic E-state index is 10.6. The zero-order chi connectivity index (χ0) is 11.3. The third-order valence-electron chi connectivity index (χ3n) is 2.11. The first-order chi connectivity index (χ1) is 7.15. The van der Waals surface area contributed by atoms with E-state index in [1.807, 2.05) is 0 Å². The number of carboxylic acids is 1. The second kappa shape index (κ2) is 5.26. The Morgan fingerprint density at radius 1 is 1.40 bits per heavy atom. The average Bonchev–Trinajstić information content (AvgIpc) is 2.25. The lowest BCUT2D eigenvalue weighted by atomic mass is 10.00. The summed E-state index contributed by atoms with van der Waals surface area (Å²) in [4.78, 5) is 21.0. The topological polar surface area (TPSA) is 74.6 Å². The van der Waals surface area contributed by atoms with E-state index in [0.29, 0.717) is 17.4 Å². The van der Waals surface area contributed by atoms with Gasteiger partial charge in [0, 0.05) is 12.0 Å². The highest BCUT2D eigenvalue weighted by atomic mass is 16.4. The zero-order valence-corrected chi connectivity index (χ0v) is 8.09. The van der Waals surface area contributed by atoms with Crippen LogP contribution in [0.25, 0.3) is 0 Å². The smallest absolute Gasteiger partial charge is 0.303 e. The van der Waals surface area contributed by atoms with Gasteiger partial charge in [0.25, 0.3) is 0 Å². The highest BCUT2D eigenvalue weighted by Gasteiger charge is 2.12. The second-order valence-electron chi connectivity index (χ2n) is 3.19. The minimum Gasteiger partial charge on any atom is -0.481 e. The molecule has 0 saturated heterocycles. The minimum atomic E-state index is -0.961. The molecule has 1 atom stereocenters. The molecule has 4 nitrogen and oxygen atoms in total. The van der Waals surface area contributed by atoms with Crippen LogP contribution in [0, 0.1) is 0 Å². The maximum absolute atomic E-state index is 10.6. The number of aliphatic carboxylic acids is 1. The number of hydrogen-bond acceptors (Lipinski definition) is 3. The van der Waals surface area contributed by atoms with Crippen molar-refractivity contribution >= 4 is 12.3 Å². The summed E-state index contributed by atoms with van der Waals surface area (Å²) < 4.78 is 0. The Balaban J connectivity index is 2.76. The van der Waals surface area contributed by atoms with Crippen LogP contribution < -0.4 is 0 Å². The summed E-state index contributed by atoms with van der Waals surface area (Å²) in [5, 5.41) is 18.1. The standard InChI is InChI=1S/C11H12O4/c12-7-8-3-1-2-4-9(8)10(13)5-6-11(14)15/h1-4,7,10,13H,5-6H2,(H,14,15). The van der Waals surface area contributed by atoms with Crippen LogP contribution in [-0.2, 0) is 4.79 Å². The Hall–Kier alpha value is -1.68. The highest BCUT2D eigenvalue weighted by Crippen LogP contribution is 2.20. The summed E-state index contributed by atoms with van der Waals surface area (Å²) in [6, 6.07) is 6.60. The zero-order valence-electron chi connectivity index (χ0n) is 8.09. The van der Waals surface area contributed by atoms with Crippen LogP contribution in [-0.4, -0.2) is 22.5 Å². The van der Waals surface area contributed by atoms with Crippen molar-refractivity contribution in [3.8, 4) is 0 Å². The highest BCUT2D eigenvalue weighted by molar-refractivity contribution is 5.77. The molecule has 15 heavy (non-hydrogen) atoms. The van der Waals surface area contributed by atoms with Crippen molar-refractivity contribution in [2.45, 2.75) is 18.9 Å². The van der Waals surface area contributed by atoms with Gasteiger partial charge in [-0.05, 0) is 12.0 Å². The van der Waals surface area contributed by atoms with Gasteiger partial charge in [0.1, 0.15) is 6.29 Å². The predicted octanol–water partition coefficient (Wildman–Crippen LogP) is 1.40. The summed E-state index contributed by atoms with van der Waals surface area (Å²) in [5.74, 6) is -0.961. The fourth-order valence-electron chi connectivity index (χ4n) is 1.34. The maximum Gasteiger partial charge on any atom is 0.303 e. The number of rotatable bonds is 5. The lowest BCUT2D eigenvalue weighted by Crippen LogP contribution is -2.04. The van der Waals surface area contributed by atoms with Gasteiger partial charge in [-0.1, -0.05) is 24.3 Å². The van der Waals surface area contributed by atoms with Crippen molar-refractivity contribution < 1.29 is 19.8 Å². The van der Waals surface area contributed by atoms with Crippen molar-refractivity contribution in [2.75, 3.05) is 0 Å². The van der Waals surface area contributed by atoms with Crippen molar-refractivity contribution in [1.29, 1.82) is 0 Å². The van der Waals surface area contributed by atoms with E-state index in [0.717, 1.165) is 0 Å². The van der Waals surface area contributed by atoms with Crippen LogP contribution in [0.2, 0.25) is 0 Å². The van der Waals surface area contributed by atoms with Crippen LogP contribution in [0.5, 0.6) is 0 Å². The van der Waals surface area contributed by atoms with E-state index < -0.39 is 12.1 Å². The fraction of sp³-hybridized carbons (Fsp3) is 0.273. The van der Waals surface area contributed by atoms with E-state index in [4.69, 9.17) is 5.11 Å². The molecule has 0 heterocycles. The van der Waals surface area contributed by atoms with Crippen LogP contribution >= 0.6 is 0 Å². The van der Waals surface area contributed by atoms with Crippen molar-refractivity contribution in [3.63, 3.8) is 0 Å². The Kier molecular flexibility index (Phi) is 4.00. The van der Waals surface area contributed by atoms with E-state index in [2.05, 4.69) is 0 Å². The molecule has 2 N–H and O–H groups in total. The third-order valence-corrected chi connectivity index (χ3v) is 2.11.